The lowest BCUT2D eigenvalue weighted by atomic mass is 9.69. The zero-order valence-corrected chi connectivity index (χ0v) is 9.10. The molecule has 76 valence electrons. The molecule has 1 aliphatic carbocycles. The summed E-state index contributed by atoms with van der Waals surface area (Å²) in [6, 6.07) is 0.630. The zero-order valence-electron chi connectivity index (χ0n) is 9.10. The van der Waals surface area contributed by atoms with Gasteiger partial charge in [0.25, 0.3) is 0 Å². The van der Waals surface area contributed by atoms with Gasteiger partial charge in [-0.05, 0) is 31.7 Å². The molecule has 13 heavy (non-hydrogen) atoms. The lowest BCUT2D eigenvalue weighted by Crippen LogP contribution is -2.42. The Morgan fingerprint density at radius 2 is 2.00 bits per heavy atom. The van der Waals surface area contributed by atoms with Crippen LogP contribution < -0.4 is 5.32 Å². The van der Waals surface area contributed by atoms with Gasteiger partial charge in [0.05, 0.1) is 0 Å². The monoisotopic (exact) mass is 181 g/mol. The zero-order chi connectivity index (χ0) is 9.73. The minimum atomic E-state index is 0.515. The first-order valence-corrected chi connectivity index (χ1v) is 5.51. The quantitative estimate of drug-likeness (QED) is 0.657. The molecule has 0 saturated heterocycles. The van der Waals surface area contributed by atoms with Crippen molar-refractivity contribution in [3.05, 3.63) is 12.7 Å². The van der Waals surface area contributed by atoms with Gasteiger partial charge in [-0.2, -0.15) is 0 Å². The summed E-state index contributed by atoms with van der Waals surface area (Å²) in [7, 11) is 2.08. The number of hydrogen-bond acceptors (Lipinski definition) is 1. The first-order valence-electron chi connectivity index (χ1n) is 5.51. The van der Waals surface area contributed by atoms with Gasteiger partial charge in [-0.25, -0.2) is 0 Å². The van der Waals surface area contributed by atoms with Gasteiger partial charge in [-0.3, -0.25) is 0 Å². The standard InChI is InChI=1S/C12H23N/c1-4-8-11(13-3)12(2)9-6-5-7-10-12/h4,11,13H,1,5-10H2,2-3H3. The summed E-state index contributed by atoms with van der Waals surface area (Å²) in [4.78, 5) is 0. The summed E-state index contributed by atoms with van der Waals surface area (Å²) in [5.74, 6) is 0. The highest BCUT2D eigenvalue weighted by Crippen LogP contribution is 2.39. The fraction of sp³-hybridized carbons (Fsp3) is 0.833. The molecule has 1 unspecified atom stereocenters. The highest BCUT2D eigenvalue weighted by atomic mass is 14.9. The third kappa shape index (κ3) is 2.57. The molecule has 1 nitrogen and oxygen atoms in total. The van der Waals surface area contributed by atoms with Crippen LogP contribution >= 0.6 is 0 Å². The lowest BCUT2D eigenvalue weighted by molar-refractivity contribution is 0.151. The van der Waals surface area contributed by atoms with Crippen molar-refractivity contribution in [1.82, 2.24) is 5.32 Å². The van der Waals surface area contributed by atoms with Gasteiger partial charge in [-0.15, -0.1) is 6.58 Å². The van der Waals surface area contributed by atoms with Crippen molar-refractivity contribution in [3.63, 3.8) is 0 Å². The fourth-order valence-electron chi connectivity index (χ4n) is 2.63. The highest BCUT2D eigenvalue weighted by molar-refractivity contribution is 4.92. The van der Waals surface area contributed by atoms with Gasteiger partial charge < -0.3 is 5.32 Å². The second-order valence-electron chi connectivity index (χ2n) is 4.58. The van der Waals surface area contributed by atoms with Crippen LogP contribution in [0.25, 0.3) is 0 Å². The van der Waals surface area contributed by atoms with Crippen LogP contribution in [0.1, 0.15) is 45.4 Å². The third-order valence-electron chi connectivity index (χ3n) is 3.59. The number of hydrogen-bond donors (Lipinski definition) is 1. The van der Waals surface area contributed by atoms with E-state index in [9.17, 15) is 0 Å². The van der Waals surface area contributed by atoms with Crippen LogP contribution in [0.2, 0.25) is 0 Å². The summed E-state index contributed by atoms with van der Waals surface area (Å²) >= 11 is 0. The summed E-state index contributed by atoms with van der Waals surface area (Å²) in [6.45, 7) is 6.26. The van der Waals surface area contributed by atoms with Crippen LogP contribution in [0.4, 0.5) is 0 Å². The van der Waals surface area contributed by atoms with E-state index in [2.05, 4.69) is 25.9 Å². The molecule has 0 aromatic rings. The van der Waals surface area contributed by atoms with Crippen molar-refractivity contribution < 1.29 is 0 Å². The molecule has 0 aromatic carbocycles. The van der Waals surface area contributed by atoms with E-state index in [1.165, 1.54) is 32.1 Å². The van der Waals surface area contributed by atoms with Crippen molar-refractivity contribution in [3.8, 4) is 0 Å². The Morgan fingerprint density at radius 1 is 1.38 bits per heavy atom. The molecular weight excluding hydrogens is 158 g/mol. The maximum Gasteiger partial charge on any atom is 0.0152 e. The van der Waals surface area contributed by atoms with Crippen LogP contribution in [0, 0.1) is 5.41 Å². The Labute approximate surface area is 82.6 Å². The molecule has 0 bridgehead atoms. The van der Waals surface area contributed by atoms with Crippen LogP contribution in [0.15, 0.2) is 12.7 Å². The minimum absolute atomic E-state index is 0.515. The van der Waals surface area contributed by atoms with E-state index >= 15 is 0 Å². The smallest absolute Gasteiger partial charge is 0.0152 e. The molecule has 1 N–H and O–H groups in total. The van der Waals surface area contributed by atoms with Crippen molar-refractivity contribution in [1.29, 1.82) is 0 Å². The van der Waals surface area contributed by atoms with Crippen molar-refractivity contribution in [2.75, 3.05) is 7.05 Å². The maximum atomic E-state index is 3.83. The maximum absolute atomic E-state index is 3.83. The molecule has 1 fully saturated rings. The van der Waals surface area contributed by atoms with Crippen molar-refractivity contribution >= 4 is 0 Å². The molecule has 1 heteroatoms. The van der Waals surface area contributed by atoms with E-state index in [0.717, 1.165) is 6.42 Å². The Hall–Kier alpha value is -0.300. The molecule has 0 heterocycles. The van der Waals surface area contributed by atoms with E-state index in [-0.39, 0.29) is 0 Å². The molecular formula is C12H23N. The summed E-state index contributed by atoms with van der Waals surface area (Å²) in [5.41, 5.74) is 0.515. The lowest BCUT2D eigenvalue weighted by Gasteiger charge is -2.40. The predicted molar refractivity (Wildman–Crippen MR) is 58.9 cm³/mol. The SMILES string of the molecule is C=CCC(NC)C1(C)CCCCC1. The molecule has 1 saturated carbocycles. The number of nitrogens with one attached hydrogen (secondary N) is 1. The summed E-state index contributed by atoms with van der Waals surface area (Å²) in [5, 5.41) is 3.44. The fourth-order valence-corrected chi connectivity index (χ4v) is 2.63. The van der Waals surface area contributed by atoms with E-state index in [4.69, 9.17) is 0 Å². The molecule has 0 aliphatic heterocycles. The first kappa shape index (κ1) is 10.8. The largest absolute Gasteiger partial charge is 0.316 e. The second kappa shape index (κ2) is 4.80. The molecule has 1 atom stereocenters. The van der Waals surface area contributed by atoms with E-state index < -0.39 is 0 Å². The Morgan fingerprint density at radius 3 is 2.46 bits per heavy atom. The molecule has 0 amide bonds. The topological polar surface area (TPSA) is 12.0 Å². The second-order valence-corrected chi connectivity index (χ2v) is 4.58. The Kier molecular flexibility index (Phi) is 3.98. The molecule has 1 aliphatic rings. The molecule has 0 aromatic heterocycles. The van der Waals surface area contributed by atoms with Gasteiger partial charge in [0.15, 0.2) is 0 Å². The molecule has 0 spiro atoms. The summed E-state index contributed by atoms with van der Waals surface area (Å²) < 4.78 is 0. The average Bonchev–Trinajstić information content (AvgIpc) is 2.15. The van der Waals surface area contributed by atoms with Crippen molar-refractivity contribution in [2.45, 2.75) is 51.5 Å². The van der Waals surface area contributed by atoms with Crippen LogP contribution in [0.5, 0.6) is 0 Å². The number of rotatable bonds is 4. The van der Waals surface area contributed by atoms with Gasteiger partial charge in [0.1, 0.15) is 0 Å². The van der Waals surface area contributed by atoms with Gasteiger partial charge >= 0.3 is 0 Å². The highest BCUT2D eigenvalue weighted by Gasteiger charge is 2.33. The van der Waals surface area contributed by atoms with Crippen molar-refractivity contribution in [2.24, 2.45) is 5.41 Å². The van der Waals surface area contributed by atoms with Gasteiger partial charge in [-0.1, -0.05) is 32.3 Å². The molecule has 0 radical (unpaired) electrons. The Balaban J connectivity index is 2.57. The van der Waals surface area contributed by atoms with Crippen LogP contribution in [-0.2, 0) is 0 Å². The first-order chi connectivity index (χ1) is 6.23. The van der Waals surface area contributed by atoms with Gasteiger partial charge in [0.2, 0.25) is 0 Å². The minimum Gasteiger partial charge on any atom is -0.316 e. The average molecular weight is 181 g/mol. The third-order valence-corrected chi connectivity index (χ3v) is 3.59. The predicted octanol–water partition coefficient (Wildman–Crippen LogP) is 3.12. The van der Waals surface area contributed by atoms with Crippen LogP contribution in [0.3, 0.4) is 0 Å². The van der Waals surface area contributed by atoms with E-state index in [0.29, 0.717) is 11.5 Å². The summed E-state index contributed by atoms with van der Waals surface area (Å²) in [6.07, 6.45) is 10.2. The van der Waals surface area contributed by atoms with E-state index in [1.807, 2.05) is 6.08 Å². The van der Waals surface area contributed by atoms with Gasteiger partial charge in [0, 0.05) is 6.04 Å². The van der Waals surface area contributed by atoms with E-state index in [1.54, 1.807) is 0 Å². The molecule has 1 rings (SSSR count). The normalized spacial score (nSPS) is 23.8. The van der Waals surface area contributed by atoms with Crippen LogP contribution in [-0.4, -0.2) is 13.1 Å². The Bertz CT molecular complexity index is 157.